The topological polar surface area (TPSA) is 156 Å². The Morgan fingerprint density at radius 1 is 0.456 bits per heavy atom. The van der Waals surface area contributed by atoms with E-state index in [0.29, 0.717) is 132 Å². The van der Waals surface area contributed by atoms with Crippen molar-refractivity contribution in [3.8, 4) is 0 Å². The lowest BCUT2D eigenvalue weighted by atomic mass is 10.2. The second kappa shape index (κ2) is 33.1. The van der Waals surface area contributed by atoms with Gasteiger partial charge in [0.2, 0.25) is 0 Å². The number of carbonyl (C=O) groups is 2. The Bertz CT molecular complexity index is 1210. The summed E-state index contributed by atoms with van der Waals surface area (Å²) in [5.41, 5.74) is 0. The van der Waals surface area contributed by atoms with Gasteiger partial charge < -0.3 is 56.9 Å². The lowest BCUT2D eigenvalue weighted by Gasteiger charge is -2.43. The van der Waals surface area contributed by atoms with Gasteiger partial charge in [-0.2, -0.15) is 0 Å². The van der Waals surface area contributed by atoms with Gasteiger partial charge in [-0.1, -0.05) is 81.4 Å². The van der Waals surface area contributed by atoms with Crippen LogP contribution in [0.1, 0.15) is 46.5 Å². The van der Waals surface area contributed by atoms with Crippen molar-refractivity contribution >= 4 is 30.6 Å². The van der Waals surface area contributed by atoms with E-state index in [9.17, 15) is 9.59 Å². The van der Waals surface area contributed by atoms with E-state index in [2.05, 4.69) is 69.3 Å². The lowest BCUT2D eigenvalue weighted by molar-refractivity contribution is -0.146. The first-order valence-corrected chi connectivity index (χ1v) is 22.0. The number of esters is 1. The quantitative estimate of drug-likeness (QED) is 0.0591. The normalized spacial score (nSPS) is 11.9. The lowest BCUT2D eigenvalue weighted by Crippen LogP contribution is -2.66. The summed E-state index contributed by atoms with van der Waals surface area (Å²) in [7, 11) is -2.55. The third kappa shape index (κ3) is 24.0. The van der Waals surface area contributed by atoms with Crippen molar-refractivity contribution in [1.29, 1.82) is 0 Å². The van der Waals surface area contributed by atoms with Crippen LogP contribution in [0, 0.1) is 0 Å². The molecule has 0 radical (unpaired) electrons. The number of aliphatic carboxylic acids is 1. The van der Waals surface area contributed by atoms with Gasteiger partial charge in [-0.25, -0.2) is 0 Å². The second-order valence-electron chi connectivity index (χ2n) is 13.8. The Morgan fingerprint density at radius 2 is 0.754 bits per heavy atom. The number of unbranched alkanes of at least 4 members (excludes halogenated alkanes) is 1. The van der Waals surface area contributed by atoms with E-state index in [1.807, 2.05) is 12.1 Å². The summed E-state index contributed by atoms with van der Waals surface area (Å²) in [5, 5.41) is 11.0. The molecule has 0 saturated heterocycles. The summed E-state index contributed by atoms with van der Waals surface area (Å²) >= 11 is 0. The van der Waals surface area contributed by atoms with Crippen LogP contribution in [0.15, 0.2) is 60.7 Å². The molecule has 57 heavy (non-hydrogen) atoms. The SMILES string of the molecule is CC(C)(C)[Si](OCCOCCOCCOCCOCCOCCOCCOCCOCCOCCOC(=O)CCCCC(=O)O)(c1ccccc1)c1ccccc1. The van der Waals surface area contributed by atoms with Gasteiger partial charge in [-0.15, -0.1) is 0 Å². The maximum atomic E-state index is 11.5. The minimum atomic E-state index is -2.55. The minimum Gasteiger partial charge on any atom is -0.481 e. The first kappa shape index (κ1) is 50.3. The zero-order chi connectivity index (χ0) is 41.1. The molecule has 15 heteroatoms. The number of carbonyl (C=O) groups excluding carboxylic acids is 1. The van der Waals surface area contributed by atoms with Crippen LogP contribution in [0.5, 0.6) is 0 Å². The summed E-state index contributed by atoms with van der Waals surface area (Å²) in [6.07, 6.45) is 1.23. The predicted molar refractivity (Wildman–Crippen MR) is 218 cm³/mol. The van der Waals surface area contributed by atoms with Gasteiger partial charge in [0.1, 0.15) is 6.61 Å². The van der Waals surface area contributed by atoms with E-state index in [-0.39, 0.29) is 37.1 Å². The highest BCUT2D eigenvalue weighted by molar-refractivity contribution is 6.99. The van der Waals surface area contributed by atoms with Crippen LogP contribution in [0.2, 0.25) is 5.04 Å². The summed E-state index contributed by atoms with van der Waals surface area (Å²) in [5.74, 6) is -1.21. The van der Waals surface area contributed by atoms with Crippen LogP contribution in [-0.4, -0.2) is 158 Å². The molecule has 2 aromatic rings. The highest BCUT2D eigenvalue weighted by Gasteiger charge is 2.50. The Kier molecular flexibility index (Phi) is 29.2. The Morgan fingerprint density at radius 3 is 1.07 bits per heavy atom. The molecular weight excluding hydrogens is 757 g/mol. The van der Waals surface area contributed by atoms with Crippen LogP contribution in [-0.2, 0) is 61.4 Å². The number of ether oxygens (including phenoxy) is 10. The van der Waals surface area contributed by atoms with Crippen molar-refractivity contribution in [2.75, 3.05) is 132 Å². The van der Waals surface area contributed by atoms with E-state index in [1.54, 1.807) is 0 Å². The average Bonchev–Trinajstić information content (AvgIpc) is 3.20. The Hall–Kier alpha value is -2.80. The fourth-order valence-electron chi connectivity index (χ4n) is 5.71. The average molecular weight is 825 g/mol. The van der Waals surface area contributed by atoms with Crippen molar-refractivity contribution in [2.24, 2.45) is 0 Å². The highest BCUT2D eigenvalue weighted by atomic mass is 28.4. The molecule has 0 aliphatic heterocycles. The minimum absolute atomic E-state index is 0.0586. The molecule has 0 aliphatic carbocycles. The highest BCUT2D eigenvalue weighted by Crippen LogP contribution is 2.36. The van der Waals surface area contributed by atoms with Gasteiger partial charge in [0, 0.05) is 12.8 Å². The van der Waals surface area contributed by atoms with E-state index < -0.39 is 14.3 Å². The third-order valence-corrected chi connectivity index (χ3v) is 13.5. The van der Waals surface area contributed by atoms with E-state index >= 15 is 0 Å². The molecule has 0 spiro atoms. The summed E-state index contributed by atoms with van der Waals surface area (Å²) < 4.78 is 61.7. The standard InChI is InChI=1S/C42H68O14Si/c1-42(2,3)57(38-12-6-4-7-13-38,39-14-8-5-9-15-39)56-37-35-54-33-31-52-29-27-50-25-23-48-21-19-46-18-20-47-22-24-49-26-28-51-30-32-53-34-36-55-41(45)17-11-10-16-40(43)44/h4-9,12-15H,10-11,16-37H2,1-3H3,(H,43,44). The van der Waals surface area contributed by atoms with Crippen LogP contribution < -0.4 is 10.4 Å². The molecule has 0 heterocycles. The van der Waals surface area contributed by atoms with Gasteiger partial charge in [-0.3, -0.25) is 9.59 Å². The van der Waals surface area contributed by atoms with Crippen molar-refractivity contribution in [3.63, 3.8) is 0 Å². The van der Waals surface area contributed by atoms with Crippen molar-refractivity contribution < 1.29 is 66.5 Å². The van der Waals surface area contributed by atoms with E-state index in [4.69, 9.17) is 56.9 Å². The number of carboxylic acid groups (broad SMARTS) is 1. The summed E-state index contributed by atoms with van der Waals surface area (Å²) in [6.45, 7) is 15.7. The molecular formula is C42H68O14Si. The van der Waals surface area contributed by atoms with Gasteiger partial charge in [0.15, 0.2) is 0 Å². The predicted octanol–water partition coefficient (Wildman–Crippen LogP) is 3.90. The Balaban J connectivity index is 1.29. The van der Waals surface area contributed by atoms with Crippen molar-refractivity contribution in [2.45, 2.75) is 51.5 Å². The maximum Gasteiger partial charge on any atom is 0.305 e. The maximum absolute atomic E-state index is 11.5. The molecule has 0 fully saturated rings. The smallest absolute Gasteiger partial charge is 0.305 e. The molecule has 0 amide bonds. The van der Waals surface area contributed by atoms with E-state index in [1.165, 1.54) is 10.4 Å². The number of hydrogen-bond acceptors (Lipinski definition) is 13. The zero-order valence-electron chi connectivity index (χ0n) is 34.5. The van der Waals surface area contributed by atoms with Crippen LogP contribution in [0.4, 0.5) is 0 Å². The number of hydrogen-bond donors (Lipinski definition) is 1. The molecule has 0 aliphatic rings. The molecule has 2 aromatic carbocycles. The third-order valence-electron chi connectivity index (χ3n) is 8.45. The van der Waals surface area contributed by atoms with E-state index in [0.717, 1.165) is 0 Å². The number of carboxylic acids is 1. The van der Waals surface area contributed by atoms with Gasteiger partial charge in [0.05, 0.1) is 126 Å². The molecule has 324 valence electrons. The van der Waals surface area contributed by atoms with Crippen LogP contribution >= 0.6 is 0 Å². The monoisotopic (exact) mass is 824 g/mol. The first-order chi connectivity index (χ1) is 27.8. The summed E-state index contributed by atoms with van der Waals surface area (Å²) in [6, 6.07) is 21.2. The molecule has 0 saturated carbocycles. The molecule has 14 nitrogen and oxygen atoms in total. The van der Waals surface area contributed by atoms with Crippen LogP contribution in [0.3, 0.4) is 0 Å². The fourth-order valence-corrected chi connectivity index (χ4v) is 10.3. The first-order valence-electron chi connectivity index (χ1n) is 20.1. The summed E-state index contributed by atoms with van der Waals surface area (Å²) in [4.78, 5) is 22.0. The van der Waals surface area contributed by atoms with Crippen molar-refractivity contribution in [3.05, 3.63) is 60.7 Å². The molecule has 2 rings (SSSR count). The van der Waals surface area contributed by atoms with Crippen LogP contribution in [0.25, 0.3) is 0 Å². The van der Waals surface area contributed by atoms with Crippen molar-refractivity contribution in [1.82, 2.24) is 0 Å². The van der Waals surface area contributed by atoms with Gasteiger partial charge in [0.25, 0.3) is 8.32 Å². The molecule has 1 N–H and O–H groups in total. The van der Waals surface area contributed by atoms with Gasteiger partial charge >= 0.3 is 11.9 Å². The molecule has 0 atom stereocenters. The van der Waals surface area contributed by atoms with Gasteiger partial charge in [-0.05, 0) is 28.3 Å². The number of benzene rings is 2. The molecule has 0 bridgehead atoms. The molecule has 0 aromatic heterocycles. The second-order valence-corrected chi connectivity index (χ2v) is 18.2. The number of rotatable bonds is 38. The zero-order valence-corrected chi connectivity index (χ0v) is 35.5. The Labute approximate surface area is 340 Å². The fraction of sp³-hybridized carbons (Fsp3) is 0.667. The molecule has 0 unspecified atom stereocenters. The largest absolute Gasteiger partial charge is 0.481 e.